The minimum atomic E-state index is -0.769. The number of nitrogens with one attached hydrogen (secondary N) is 1. The predicted octanol–water partition coefficient (Wildman–Crippen LogP) is 2.00. The molecule has 5 nitrogen and oxygen atoms in total. The van der Waals surface area contributed by atoms with Gasteiger partial charge in [-0.2, -0.15) is 0 Å². The fraction of sp³-hybridized carbons (Fsp3) is 0.867. The topological polar surface area (TPSA) is 92.4 Å². The number of carboxylic acids is 1. The molecule has 0 rings (SSSR count). The van der Waals surface area contributed by atoms with E-state index >= 15 is 0 Å². The van der Waals surface area contributed by atoms with E-state index in [1.54, 1.807) is 0 Å². The number of rotatable bonds is 8. The first kappa shape index (κ1) is 18.9. The molecule has 0 aliphatic rings. The molecule has 1 amide bonds. The van der Waals surface area contributed by atoms with Crippen LogP contribution in [-0.4, -0.2) is 29.6 Å². The van der Waals surface area contributed by atoms with Crippen LogP contribution in [0.3, 0.4) is 0 Å². The summed E-state index contributed by atoms with van der Waals surface area (Å²) in [5, 5.41) is 11.6. The van der Waals surface area contributed by atoms with Crippen molar-refractivity contribution in [3.05, 3.63) is 0 Å². The number of nitrogens with two attached hydrogens (primary N) is 1. The van der Waals surface area contributed by atoms with Crippen molar-refractivity contribution in [2.75, 3.05) is 6.54 Å². The van der Waals surface area contributed by atoms with Crippen LogP contribution in [0.15, 0.2) is 0 Å². The molecule has 5 heteroatoms. The Balaban J connectivity index is 4.18. The zero-order chi connectivity index (χ0) is 15.9. The molecule has 2 atom stereocenters. The number of aliphatic carboxylic acids is 1. The van der Waals surface area contributed by atoms with Gasteiger partial charge in [0.1, 0.15) is 0 Å². The molecule has 0 spiro atoms. The van der Waals surface area contributed by atoms with Gasteiger partial charge in [-0.1, -0.05) is 34.6 Å². The van der Waals surface area contributed by atoms with Gasteiger partial charge in [0.25, 0.3) is 0 Å². The molecule has 0 aromatic carbocycles. The molecule has 0 fully saturated rings. The van der Waals surface area contributed by atoms with Crippen molar-refractivity contribution < 1.29 is 14.7 Å². The molecule has 0 aliphatic carbocycles. The van der Waals surface area contributed by atoms with Gasteiger partial charge in [0.2, 0.25) is 5.91 Å². The van der Waals surface area contributed by atoms with Crippen molar-refractivity contribution in [1.82, 2.24) is 5.32 Å². The van der Waals surface area contributed by atoms with E-state index in [0.717, 1.165) is 6.42 Å². The maximum atomic E-state index is 11.9. The zero-order valence-corrected chi connectivity index (χ0v) is 13.4. The first-order valence-corrected chi connectivity index (χ1v) is 7.30. The van der Waals surface area contributed by atoms with Gasteiger partial charge in [-0.15, -0.1) is 0 Å². The number of carbonyl (C=O) groups is 2. The first-order chi connectivity index (χ1) is 9.05. The third-order valence-electron chi connectivity index (χ3n) is 3.70. The molecule has 0 aromatic heterocycles. The Morgan fingerprint density at radius 3 is 2.15 bits per heavy atom. The second-order valence-corrected chi connectivity index (χ2v) is 6.86. The van der Waals surface area contributed by atoms with Gasteiger partial charge in [-0.3, -0.25) is 9.59 Å². The lowest BCUT2D eigenvalue weighted by atomic mass is 9.86. The highest BCUT2D eigenvalue weighted by atomic mass is 16.4. The van der Waals surface area contributed by atoms with Gasteiger partial charge in [0.15, 0.2) is 0 Å². The fourth-order valence-corrected chi connectivity index (χ4v) is 2.00. The highest BCUT2D eigenvalue weighted by Crippen LogP contribution is 2.21. The van der Waals surface area contributed by atoms with Crippen molar-refractivity contribution in [3.63, 3.8) is 0 Å². The van der Waals surface area contributed by atoms with Crippen LogP contribution in [0.25, 0.3) is 0 Å². The summed E-state index contributed by atoms with van der Waals surface area (Å²) in [6, 6.07) is -0.529. The standard InChI is InChI=1S/C15H30N2O3/c1-10(2)11(6-7-12(18)19)8-9-17-14(20)13(16)15(3,4)5/h10-11,13H,6-9,16H2,1-5H3,(H,17,20)(H,18,19)/t11?,13-/m1/s1. The Morgan fingerprint density at radius 2 is 1.75 bits per heavy atom. The van der Waals surface area contributed by atoms with Crippen molar-refractivity contribution in [2.24, 2.45) is 23.0 Å². The minimum Gasteiger partial charge on any atom is -0.481 e. The molecule has 20 heavy (non-hydrogen) atoms. The Kier molecular flexibility index (Phi) is 7.79. The molecule has 118 valence electrons. The summed E-state index contributed by atoms with van der Waals surface area (Å²) in [4.78, 5) is 22.5. The van der Waals surface area contributed by atoms with Gasteiger partial charge in [0.05, 0.1) is 6.04 Å². The molecule has 0 heterocycles. The summed E-state index contributed by atoms with van der Waals surface area (Å²) < 4.78 is 0. The van der Waals surface area contributed by atoms with Gasteiger partial charge < -0.3 is 16.2 Å². The summed E-state index contributed by atoms with van der Waals surface area (Å²) in [5.74, 6) is -0.201. The van der Waals surface area contributed by atoms with E-state index in [1.165, 1.54) is 0 Å². The average molecular weight is 286 g/mol. The molecular weight excluding hydrogens is 256 g/mol. The lowest BCUT2D eigenvalue weighted by Crippen LogP contribution is -2.49. The Morgan fingerprint density at radius 1 is 1.20 bits per heavy atom. The van der Waals surface area contributed by atoms with Crippen LogP contribution < -0.4 is 11.1 Å². The van der Waals surface area contributed by atoms with E-state index in [9.17, 15) is 9.59 Å². The van der Waals surface area contributed by atoms with Gasteiger partial charge in [-0.25, -0.2) is 0 Å². The smallest absolute Gasteiger partial charge is 0.303 e. The van der Waals surface area contributed by atoms with Crippen LogP contribution in [0.1, 0.15) is 53.9 Å². The lowest BCUT2D eigenvalue weighted by molar-refractivity contribution is -0.137. The summed E-state index contributed by atoms with van der Waals surface area (Å²) in [5.41, 5.74) is 5.62. The van der Waals surface area contributed by atoms with E-state index < -0.39 is 12.0 Å². The van der Waals surface area contributed by atoms with Crippen molar-refractivity contribution in [3.8, 4) is 0 Å². The van der Waals surface area contributed by atoms with Crippen molar-refractivity contribution in [2.45, 2.75) is 59.9 Å². The number of hydrogen-bond acceptors (Lipinski definition) is 3. The second kappa shape index (κ2) is 8.25. The highest BCUT2D eigenvalue weighted by molar-refractivity contribution is 5.82. The Labute approximate surface area is 122 Å². The van der Waals surface area contributed by atoms with E-state index in [-0.39, 0.29) is 17.7 Å². The van der Waals surface area contributed by atoms with E-state index in [0.29, 0.717) is 24.8 Å². The van der Waals surface area contributed by atoms with Crippen LogP contribution in [0.2, 0.25) is 0 Å². The molecule has 4 N–H and O–H groups in total. The molecule has 0 saturated heterocycles. The maximum absolute atomic E-state index is 11.9. The highest BCUT2D eigenvalue weighted by Gasteiger charge is 2.27. The maximum Gasteiger partial charge on any atom is 0.303 e. The summed E-state index contributed by atoms with van der Waals surface area (Å²) in [7, 11) is 0. The van der Waals surface area contributed by atoms with Crippen molar-refractivity contribution in [1.29, 1.82) is 0 Å². The fourth-order valence-electron chi connectivity index (χ4n) is 2.00. The van der Waals surface area contributed by atoms with Gasteiger partial charge in [0, 0.05) is 13.0 Å². The van der Waals surface area contributed by atoms with Crippen LogP contribution in [0.5, 0.6) is 0 Å². The second-order valence-electron chi connectivity index (χ2n) is 6.86. The van der Waals surface area contributed by atoms with E-state index in [4.69, 9.17) is 10.8 Å². The summed E-state index contributed by atoms with van der Waals surface area (Å²) >= 11 is 0. The third kappa shape index (κ3) is 7.48. The SMILES string of the molecule is CC(C)C(CCNC(=O)[C@@H](N)C(C)(C)C)CCC(=O)O. The molecule has 0 bridgehead atoms. The molecule has 0 radical (unpaired) electrons. The largest absolute Gasteiger partial charge is 0.481 e. The van der Waals surface area contributed by atoms with Gasteiger partial charge >= 0.3 is 5.97 Å². The summed E-state index contributed by atoms with van der Waals surface area (Å²) in [6.07, 6.45) is 1.61. The molecule has 1 unspecified atom stereocenters. The minimum absolute atomic E-state index is 0.141. The van der Waals surface area contributed by atoms with Gasteiger partial charge in [-0.05, 0) is 30.1 Å². The monoisotopic (exact) mass is 286 g/mol. The summed E-state index contributed by atoms with van der Waals surface area (Å²) in [6.45, 7) is 10.5. The number of carboxylic acid groups (broad SMARTS) is 1. The molecule has 0 aromatic rings. The number of amides is 1. The predicted molar refractivity (Wildman–Crippen MR) is 80.3 cm³/mol. The zero-order valence-electron chi connectivity index (χ0n) is 13.4. The van der Waals surface area contributed by atoms with Crippen LogP contribution in [-0.2, 0) is 9.59 Å². The average Bonchev–Trinajstić information content (AvgIpc) is 2.30. The van der Waals surface area contributed by atoms with E-state index in [2.05, 4.69) is 19.2 Å². The first-order valence-electron chi connectivity index (χ1n) is 7.30. The number of carbonyl (C=O) groups excluding carboxylic acids is 1. The normalized spacial score (nSPS) is 14.9. The molecule has 0 aliphatic heterocycles. The quantitative estimate of drug-likeness (QED) is 0.636. The molecule has 0 saturated carbocycles. The van der Waals surface area contributed by atoms with Crippen LogP contribution in [0, 0.1) is 17.3 Å². The van der Waals surface area contributed by atoms with Crippen molar-refractivity contribution >= 4 is 11.9 Å². The Bertz CT molecular complexity index is 322. The Hall–Kier alpha value is -1.10. The van der Waals surface area contributed by atoms with E-state index in [1.807, 2.05) is 20.8 Å². The molecular formula is C15H30N2O3. The lowest BCUT2D eigenvalue weighted by Gasteiger charge is -2.26. The number of hydrogen-bond donors (Lipinski definition) is 3. The van der Waals surface area contributed by atoms with Crippen LogP contribution >= 0.6 is 0 Å². The van der Waals surface area contributed by atoms with Crippen LogP contribution in [0.4, 0.5) is 0 Å². The third-order valence-corrected chi connectivity index (χ3v) is 3.70.